The van der Waals surface area contributed by atoms with Crippen molar-refractivity contribution in [3.05, 3.63) is 62.1 Å². The lowest BCUT2D eigenvalue weighted by atomic mass is 10.2. The van der Waals surface area contributed by atoms with Crippen LogP contribution in [0, 0.1) is 0 Å². The molecule has 0 aliphatic heterocycles. The number of anilines is 1. The first kappa shape index (κ1) is 16.3. The van der Waals surface area contributed by atoms with Crippen LogP contribution in [0.2, 0.25) is 10.2 Å². The Morgan fingerprint density at radius 2 is 1.86 bits per heavy atom. The summed E-state index contributed by atoms with van der Waals surface area (Å²) in [6.45, 7) is 0. The molecule has 1 aromatic heterocycles. The molecule has 2 aromatic rings. The van der Waals surface area contributed by atoms with Crippen LogP contribution in [0.3, 0.4) is 0 Å². The maximum absolute atomic E-state index is 12.0. The molecule has 0 radical (unpaired) electrons. The van der Waals surface area contributed by atoms with E-state index in [-0.39, 0.29) is 10.8 Å². The zero-order chi connectivity index (χ0) is 15.5. The highest BCUT2D eigenvalue weighted by molar-refractivity contribution is 9.10. The molecule has 0 aliphatic carbocycles. The number of pyridine rings is 1. The van der Waals surface area contributed by atoms with Crippen LogP contribution in [0.4, 0.5) is 5.69 Å². The van der Waals surface area contributed by atoms with Crippen molar-refractivity contribution in [2.45, 2.75) is 0 Å². The van der Waals surface area contributed by atoms with E-state index in [1.807, 2.05) is 0 Å². The lowest BCUT2D eigenvalue weighted by Gasteiger charge is -2.06. The van der Waals surface area contributed by atoms with E-state index in [9.17, 15) is 8.42 Å². The third-order valence-corrected chi connectivity index (χ3v) is 4.35. The molecule has 0 spiro atoms. The van der Waals surface area contributed by atoms with Crippen molar-refractivity contribution >= 4 is 60.9 Å². The van der Waals surface area contributed by atoms with Gasteiger partial charge < -0.3 is 0 Å². The molecule has 21 heavy (non-hydrogen) atoms. The number of sulfonamides is 1. The number of nitrogens with one attached hydrogen (secondary N) is 1. The van der Waals surface area contributed by atoms with E-state index in [1.54, 1.807) is 24.3 Å². The van der Waals surface area contributed by atoms with Gasteiger partial charge in [-0.25, -0.2) is 13.4 Å². The molecule has 1 heterocycles. The molecule has 1 aromatic carbocycles. The van der Waals surface area contributed by atoms with Gasteiger partial charge in [0.25, 0.3) is 10.0 Å². The van der Waals surface area contributed by atoms with Gasteiger partial charge in [-0.2, -0.15) is 0 Å². The Kier molecular flexibility index (Phi) is 5.27. The van der Waals surface area contributed by atoms with Gasteiger partial charge in [0.15, 0.2) is 5.15 Å². The summed E-state index contributed by atoms with van der Waals surface area (Å²) in [4.78, 5) is 3.84. The minimum atomic E-state index is -3.69. The van der Waals surface area contributed by atoms with Gasteiger partial charge in [0, 0.05) is 15.7 Å². The molecular formula is C13H9BrCl2N2O2S. The number of halogens is 3. The maximum atomic E-state index is 12.0. The van der Waals surface area contributed by atoms with Crippen molar-refractivity contribution in [2.75, 3.05) is 4.72 Å². The van der Waals surface area contributed by atoms with Crippen molar-refractivity contribution < 1.29 is 8.42 Å². The summed E-state index contributed by atoms with van der Waals surface area (Å²) in [5, 5.41) is 1.70. The Morgan fingerprint density at radius 3 is 2.52 bits per heavy atom. The van der Waals surface area contributed by atoms with Crippen molar-refractivity contribution in [2.24, 2.45) is 0 Å². The lowest BCUT2D eigenvalue weighted by molar-refractivity contribution is 0.609. The van der Waals surface area contributed by atoms with Crippen LogP contribution in [0.5, 0.6) is 0 Å². The number of aromatic nitrogens is 1. The third kappa shape index (κ3) is 5.00. The molecule has 0 saturated heterocycles. The Labute approximate surface area is 141 Å². The fourth-order valence-electron chi connectivity index (χ4n) is 1.42. The second-order valence-electron chi connectivity index (χ2n) is 3.99. The Balaban J connectivity index is 2.18. The molecule has 8 heteroatoms. The maximum Gasteiger partial charge on any atom is 0.255 e. The quantitative estimate of drug-likeness (QED) is 0.755. The Morgan fingerprint density at radius 1 is 1.19 bits per heavy atom. The largest absolute Gasteiger partial charge is 0.277 e. The molecule has 4 nitrogen and oxygen atoms in total. The molecule has 0 saturated carbocycles. The predicted molar refractivity (Wildman–Crippen MR) is 90.0 cm³/mol. The van der Waals surface area contributed by atoms with Crippen LogP contribution in [0.15, 0.2) is 46.4 Å². The summed E-state index contributed by atoms with van der Waals surface area (Å²) in [6, 6.07) is 8.31. The molecule has 0 amide bonds. The minimum Gasteiger partial charge on any atom is -0.277 e. The summed E-state index contributed by atoms with van der Waals surface area (Å²) in [5.74, 6) is 0. The van der Waals surface area contributed by atoms with E-state index >= 15 is 0 Å². The molecule has 0 fully saturated rings. The van der Waals surface area contributed by atoms with E-state index in [2.05, 4.69) is 25.6 Å². The zero-order valence-electron chi connectivity index (χ0n) is 10.4. The van der Waals surface area contributed by atoms with Crippen molar-refractivity contribution in [1.29, 1.82) is 0 Å². The minimum absolute atomic E-state index is 0.0710. The molecule has 110 valence electrons. The van der Waals surface area contributed by atoms with Crippen molar-refractivity contribution in [3.63, 3.8) is 0 Å². The van der Waals surface area contributed by atoms with Gasteiger partial charge >= 0.3 is 0 Å². The first-order valence-electron chi connectivity index (χ1n) is 5.63. The van der Waals surface area contributed by atoms with Gasteiger partial charge in [0.05, 0.1) is 11.1 Å². The van der Waals surface area contributed by atoms with Crippen molar-refractivity contribution in [3.8, 4) is 0 Å². The van der Waals surface area contributed by atoms with Crippen LogP contribution < -0.4 is 4.72 Å². The van der Waals surface area contributed by atoms with Gasteiger partial charge in [-0.15, -0.1) is 0 Å². The fourth-order valence-corrected chi connectivity index (χ4v) is 2.95. The number of benzene rings is 1. The summed E-state index contributed by atoms with van der Waals surface area (Å²) in [6.07, 6.45) is 2.93. The monoisotopic (exact) mass is 406 g/mol. The molecular weight excluding hydrogens is 399 g/mol. The summed E-state index contributed by atoms with van der Waals surface area (Å²) >= 11 is 14.8. The van der Waals surface area contributed by atoms with Gasteiger partial charge in [-0.05, 0) is 45.8 Å². The highest BCUT2D eigenvalue weighted by Crippen LogP contribution is 2.24. The first-order valence-corrected chi connectivity index (χ1v) is 8.73. The van der Waals surface area contributed by atoms with Crippen LogP contribution in [-0.2, 0) is 10.0 Å². The standard InChI is InChI=1S/C13H9BrCl2N2O2S/c14-10-7-12(13(16)17-8-10)18-21(19,20)6-5-9-1-3-11(15)4-2-9/h1-8,18H/b6-5+. The number of hydrogen-bond donors (Lipinski definition) is 1. The third-order valence-electron chi connectivity index (χ3n) is 2.37. The van der Waals surface area contributed by atoms with Crippen LogP contribution in [-0.4, -0.2) is 13.4 Å². The Hall–Kier alpha value is -1.08. The molecule has 0 aliphatic rings. The smallest absolute Gasteiger partial charge is 0.255 e. The van der Waals surface area contributed by atoms with E-state index in [1.165, 1.54) is 18.3 Å². The van der Waals surface area contributed by atoms with Gasteiger partial charge in [0.1, 0.15) is 0 Å². The molecule has 2 rings (SSSR count). The predicted octanol–water partition coefficient (Wildman–Crippen LogP) is 4.56. The topological polar surface area (TPSA) is 59.1 Å². The van der Waals surface area contributed by atoms with E-state index in [0.717, 1.165) is 5.41 Å². The van der Waals surface area contributed by atoms with Gasteiger partial charge in [-0.3, -0.25) is 4.72 Å². The van der Waals surface area contributed by atoms with Crippen LogP contribution in [0.1, 0.15) is 5.56 Å². The SMILES string of the molecule is O=S(=O)(/C=C/c1ccc(Cl)cc1)Nc1cc(Br)cnc1Cl. The Bertz CT molecular complexity index is 777. The number of rotatable bonds is 4. The van der Waals surface area contributed by atoms with Gasteiger partial charge in [0.2, 0.25) is 0 Å². The second-order valence-corrected chi connectivity index (χ2v) is 7.27. The summed E-state index contributed by atoms with van der Waals surface area (Å²) in [5.41, 5.74) is 0.912. The molecule has 1 N–H and O–H groups in total. The number of nitrogens with zero attached hydrogens (tertiary/aromatic N) is 1. The normalized spacial score (nSPS) is 11.8. The molecule has 0 unspecified atom stereocenters. The van der Waals surface area contributed by atoms with E-state index < -0.39 is 10.0 Å². The fraction of sp³-hybridized carbons (Fsp3) is 0. The van der Waals surface area contributed by atoms with E-state index in [4.69, 9.17) is 23.2 Å². The summed E-state index contributed by atoms with van der Waals surface area (Å²) < 4.78 is 26.9. The number of hydrogen-bond acceptors (Lipinski definition) is 3. The lowest BCUT2D eigenvalue weighted by Crippen LogP contribution is -2.09. The average molecular weight is 408 g/mol. The van der Waals surface area contributed by atoms with Gasteiger partial charge in [-0.1, -0.05) is 35.3 Å². The highest BCUT2D eigenvalue weighted by Gasteiger charge is 2.10. The molecule has 0 atom stereocenters. The van der Waals surface area contributed by atoms with Crippen molar-refractivity contribution in [1.82, 2.24) is 4.98 Å². The first-order chi connectivity index (χ1) is 9.85. The zero-order valence-corrected chi connectivity index (χ0v) is 14.3. The van der Waals surface area contributed by atoms with E-state index in [0.29, 0.717) is 15.1 Å². The van der Waals surface area contributed by atoms with Crippen LogP contribution >= 0.6 is 39.1 Å². The average Bonchev–Trinajstić information content (AvgIpc) is 2.42. The molecule has 0 bridgehead atoms. The van der Waals surface area contributed by atoms with Crippen LogP contribution in [0.25, 0.3) is 6.08 Å². The summed E-state index contributed by atoms with van der Waals surface area (Å²) in [7, 11) is -3.69. The highest BCUT2D eigenvalue weighted by atomic mass is 79.9. The second kappa shape index (κ2) is 6.79.